The van der Waals surface area contributed by atoms with Crippen LogP contribution in [-0.2, 0) is 11.2 Å². The van der Waals surface area contributed by atoms with Crippen molar-refractivity contribution in [1.82, 2.24) is 9.36 Å². The number of piperidine rings is 1. The van der Waals surface area contributed by atoms with E-state index in [-0.39, 0.29) is 0 Å². The second-order valence-corrected chi connectivity index (χ2v) is 4.65. The minimum absolute atomic E-state index is 0.457. The Labute approximate surface area is 98.6 Å². The second-order valence-electron chi connectivity index (χ2n) is 3.92. The number of aromatic nitrogens is 2. The van der Waals surface area contributed by atoms with Crippen LogP contribution in [0.15, 0.2) is 0 Å². The Morgan fingerprint density at radius 2 is 2.50 bits per heavy atom. The van der Waals surface area contributed by atoms with E-state index < -0.39 is 6.17 Å². The molecule has 0 saturated carbocycles. The van der Waals surface area contributed by atoms with Gasteiger partial charge in [0.2, 0.25) is 5.13 Å². The topological polar surface area (TPSA) is 38.2 Å². The minimum Gasteiger partial charge on any atom is -0.384 e. The molecule has 2 rings (SSSR count). The van der Waals surface area contributed by atoms with E-state index in [0.29, 0.717) is 19.6 Å². The smallest absolute Gasteiger partial charge is 0.205 e. The molecule has 1 aliphatic heterocycles. The highest BCUT2D eigenvalue weighted by atomic mass is 32.1. The summed E-state index contributed by atoms with van der Waals surface area (Å²) in [6.45, 7) is 1.97. The molecule has 1 aromatic heterocycles. The van der Waals surface area contributed by atoms with Crippen LogP contribution in [0.2, 0.25) is 0 Å². The molecule has 4 nitrogen and oxygen atoms in total. The maximum atomic E-state index is 13.2. The molecule has 1 fully saturated rings. The molecule has 1 aliphatic rings. The summed E-state index contributed by atoms with van der Waals surface area (Å²) in [4.78, 5) is 6.38. The SMILES string of the molecule is COCCc1nsc(N2CCCC(F)C2)n1. The highest BCUT2D eigenvalue weighted by Crippen LogP contribution is 2.23. The van der Waals surface area contributed by atoms with Crippen molar-refractivity contribution >= 4 is 16.7 Å². The van der Waals surface area contributed by atoms with Gasteiger partial charge in [-0.05, 0) is 12.8 Å². The molecule has 0 radical (unpaired) electrons. The van der Waals surface area contributed by atoms with Crippen LogP contribution in [0.1, 0.15) is 18.7 Å². The number of hydrogen-bond acceptors (Lipinski definition) is 5. The van der Waals surface area contributed by atoms with Gasteiger partial charge in [-0.3, -0.25) is 0 Å². The van der Waals surface area contributed by atoms with Crippen LogP contribution in [0.4, 0.5) is 9.52 Å². The molecule has 1 atom stereocenters. The van der Waals surface area contributed by atoms with Gasteiger partial charge in [-0.15, -0.1) is 0 Å². The van der Waals surface area contributed by atoms with Crippen LogP contribution < -0.4 is 4.90 Å². The van der Waals surface area contributed by atoms with Crippen molar-refractivity contribution in [3.63, 3.8) is 0 Å². The van der Waals surface area contributed by atoms with Gasteiger partial charge in [-0.25, -0.2) is 9.37 Å². The molecule has 0 N–H and O–H groups in total. The van der Waals surface area contributed by atoms with Crippen molar-refractivity contribution in [2.75, 3.05) is 31.7 Å². The van der Waals surface area contributed by atoms with Crippen molar-refractivity contribution in [2.45, 2.75) is 25.4 Å². The zero-order valence-corrected chi connectivity index (χ0v) is 10.2. The molecule has 16 heavy (non-hydrogen) atoms. The summed E-state index contributed by atoms with van der Waals surface area (Å²) in [6, 6.07) is 0. The van der Waals surface area contributed by atoms with E-state index in [1.54, 1.807) is 7.11 Å². The van der Waals surface area contributed by atoms with E-state index >= 15 is 0 Å². The summed E-state index contributed by atoms with van der Waals surface area (Å²) in [6.07, 6.45) is 1.57. The molecule has 0 aromatic carbocycles. The number of alkyl halides is 1. The zero-order valence-electron chi connectivity index (χ0n) is 9.36. The standard InChI is InChI=1S/C10H16FN3OS/c1-15-6-4-9-12-10(16-13-9)14-5-2-3-8(11)7-14/h8H,2-7H2,1H3. The molecule has 0 amide bonds. The molecule has 90 valence electrons. The van der Waals surface area contributed by atoms with Crippen LogP contribution >= 0.6 is 11.5 Å². The summed E-state index contributed by atoms with van der Waals surface area (Å²) in [5.74, 6) is 0.794. The van der Waals surface area contributed by atoms with E-state index in [4.69, 9.17) is 4.74 Å². The Kier molecular flexibility index (Phi) is 4.06. The van der Waals surface area contributed by atoms with Crippen LogP contribution in [0.5, 0.6) is 0 Å². The lowest BCUT2D eigenvalue weighted by Crippen LogP contribution is -2.36. The van der Waals surface area contributed by atoms with Crippen LogP contribution in [0.25, 0.3) is 0 Å². The lowest BCUT2D eigenvalue weighted by atomic mass is 10.1. The number of hydrogen-bond donors (Lipinski definition) is 0. The monoisotopic (exact) mass is 245 g/mol. The first-order valence-electron chi connectivity index (χ1n) is 5.50. The molecule has 0 spiro atoms. The normalized spacial score (nSPS) is 21.4. The molecule has 1 saturated heterocycles. The summed E-state index contributed by atoms with van der Waals surface area (Å²) in [7, 11) is 1.66. The third kappa shape index (κ3) is 2.89. The van der Waals surface area contributed by atoms with E-state index in [0.717, 1.165) is 30.3 Å². The van der Waals surface area contributed by atoms with Crippen LogP contribution in [-0.4, -0.2) is 42.3 Å². The Balaban J connectivity index is 1.95. The summed E-state index contributed by atoms with van der Waals surface area (Å²) in [5.41, 5.74) is 0. The first-order valence-corrected chi connectivity index (χ1v) is 6.27. The van der Waals surface area contributed by atoms with Crippen molar-refractivity contribution in [2.24, 2.45) is 0 Å². The minimum atomic E-state index is -0.722. The summed E-state index contributed by atoms with van der Waals surface area (Å²) >= 11 is 1.35. The number of anilines is 1. The maximum Gasteiger partial charge on any atom is 0.205 e. The quantitative estimate of drug-likeness (QED) is 0.808. The van der Waals surface area contributed by atoms with Gasteiger partial charge in [0.05, 0.1) is 13.2 Å². The van der Waals surface area contributed by atoms with Crippen LogP contribution in [0, 0.1) is 0 Å². The molecule has 2 heterocycles. The van der Waals surface area contributed by atoms with Crippen molar-refractivity contribution in [3.05, 3.63) is 5.82 Å². The molecule has 1 aromatic rings. The fourth-order valence-electron chi connectivity index (χ4n) is 1.77. The largest absolute Gasteiger partial charge is 0.384 e. The average Bonchev–Trinajstić information content (AvgIpc) is 2.75. The van der Waals surface area contributed by atoms with Crippen molar-refractivity contribution < 1.29 is 9.13 Å². The van der Waals surface area contributed by atoms with Gasteiger partial charge in [0.1, 0.15) is 12.0 Å². The van der Waals surface area contributed by atoms with Gasteiger partial charge in [-0.1, -0.05) is 0 Å². The highest BCUT2D eigenvalue weighted by molar-refractivity contribution is 7.09. The molecule has 1 unspecified atom stereocenters. The first kappa shape index (κ1) is 11.7. The third-order valence-corrected chi connectivity index (χ3v) is 3.44. The van der Waals surface area contributed by atoms with Gasteiger partial charge in [-0.2, -0.15) is 4.37 Å². The Morgan fingerprint density at radius 1 is 1.62 bits per heavy atom. The molecular formula is C10H16FN3OS. The maximum absolute atomic E-state index is 13.2. The fourth-order valence-corrected chi connectivity index (χ4v) is 2.51. The Hall–Kier alpha value is -0.750. The first-order chi connectivity index (χ1) is 7.79. The number of rotatable bonds is 4. The lowest BCUT2D eigenvalue weighted by Gasteiger charge is -2.27. The molecule has 0 bridgehead atoms. The predicted molar refractivity (Wildman–Crippen MR) is 61.8 cm³/mol. The number of methoxy groups -OCH3 is 1. The van der Waals surface area contributed by atoms with Gasteiger partial charge < -0.3 is 9.64 Å². The Morgan fingerprint density at radius 3 is 3.25 bits per heavy atom. The molecular weight excluding hydrogens is 229 g/mol. The van der Waals surface area contributed by atoms with E-state index in [2.05, 4.69) is 9.36 Å². The molecule has 0 aliphatic carbocycles. The van der Waals surface area contributed by atoms with Crippen LogP contribution in [0.3, 0.4) is 0 Å². The van der Waals surface area contributed by atoms with E-state index in [1.165, 1.54) is 11.5 Å². The lowest BCUT2D eigenvalue weighted by molar-refractivity contribution is 0.201. The van der Waals surface area contributed by atoms with Gasteiger partial charge in [0.25, 0.3) is 0 Å². The fraction of sp³-hybridized carbons (Fsp3) is 0.800. The number of halogens is 1. The van der Waals surface area contributed by atoms with E-state index in [1.807, 2.05) is 4.90 Å². The average molecular weight is 245 g/mol. The van der Waals surface area contributed by atoms with Gasteiger partial charge in [0.15, 0.2) is 0 Å². The number of nitrogens with zero attached hydrogens (tertiary/aromatic N) is 3. The van der Waals surface area contributed by atoms with Crippen molar-refractivity contribution in [3.8, 4) is 0 Å². The summed E-state index contributed by atoms with van der Waals surface area (Å²) < 4.78 is 22.4. The van der Waals surface area contributed by atoms with Gasteiger partial charge in [0, 0.05) is 31.6 Å². The summed E-state index contributed by atoms with van der Waals surface area (Å²) in [5, 5.41) is 0.841. The second kappa shape index (κ2) is 5.54. The predicted octanol–water partition coefficient (Wildman–Crippen LogP) is 1.67. The van der Waals surface area contributed by atoms with Crippen molar-refractivity contribution in [1.29, 1.82) is 0 Å². The van der Waals surface area contributed by atoms with Gasteiger partial charge >= 0.3 is 0 Å². The highest BCUT2D eigenvalue weighted by Gasteiger charge is 2.21. The third-order valence-electron chi connectivity index (χ3n) is 2.62. The Bertz CT molecular complexity index is 334. The van der Waals surface area contributed by atoms with E-state index in [9.17, 15) is 4.39 Å². The zero-order chi connectivity index (χ0) is 11.4. The molecule has 6 heteroatoms. The number of ether oxygens (including phenoxy) is 1.